The molecule has 1 aromatic carbocycles. The molecule has 0 spiro atoms. The fraction of sp³-hybridized carbons (Fsp3) is 0.647. The number of alkyl halides is 1. The van der Waals surface area contributed by atoms with Gasteiger partial charge in [0.1, 0.15) is 6.67 Å². The molecule has 21 heavy (non-hydrogen) atoms. The molecule has 0 radical (unpaired) electrons. The smallest absolute Gasteiger partial charge is 0.109 e. The van der Waals surface area contributed by atoms with Crippen LogP contribution in [0.4, 0.5) is 4.39 Å². The molecule has 4 heteroatoms. The first kappa shape index (κ1) is 18.4. The number of hydrogen-bond acceptors (Lipinski definition) is 2. The Labute approximate surface area is 134 Å². The van der Waals surface area contributed by atoms with Crippen molar-refractivity contribution in [2.45, 2.75) is 40.7 Å². The molecule has 1 aliphatic heterocycles. The molecular weight excluding hydrogens is 287 g/mol. The van der Waals surface area contributed by atoms with Gasteiger partial charge in [-0.3, -0.25) is 4.90 Å². The molecule has 2 rings (SSSR count). The summed E-state index contributed by atoms with van der Waals surface area (Å²) >= 11 is 0. The highest BCUT2D eigenvalue weighted by molar-refractivity contribution is 5.85. The molecule has 0 saturated carbocycles. The second-order valence-electron chi connectivity index (χ2n) is 5.99. The van der Waals surface area contributed by atoms with E-state index in [4.69, 9.17) is 0 Å². The van der Waals surface area contributed by atoms with Gasteiger partial charge in [-0.15, -0.1) is 12.4 Å². The number of halogens is 2. The van der Waals surface area contributed by atoms with Crippen molar-refractivity contribution in [1.29, 1.82) is 0 Å². The van der Waals surface area contributed by atoms with Gasteiger partial charge in [-0.1, -0.05) is 0 Å². The molecule has 0 bridgehead atoms. The average molecular weight is 315 g/mol. The van der Waals surface area contributed by atoms with Crippen molar-refractivity contribution in [2.24, 2.45) is 0 Å². The molecule has 1 aromatic rings. The van der Waals surface area contributed by atoms with Gasteiger partial charge >= 0.3 is 0 Å². The van der Waals surface area contributed by atoms with Crippen LogP contribution in [0, 0.1) is 34.6 Å². The minimum absolute atomic E-state index is 0. The van der Waals surface area contributed by atoms with E-state index in [0.717, 1.165) is 26.2 Å². The lowest BCUT2D eigenvalue weighted by Gasteiger charge is -2.36. The standard InChI is InChI=1S/C17H27FN2.ClH/c1-11-12(2)14(4)17(15(5)13(11)3)16(10-18)20-8-6-19-7-9-20;/h16,19H,6-10H2,1-5H3;1H/t16-;/m1./s1. The molecule has 2 nitrogen and oxygen atoms in total. The number of benzene rings is 1. The summed E-state index contributed by atoms with van der Waals surface area (Å²) in [5.41, 5.74) is 7.74. The lowest BCUT2D eigenvalue weighted by atomic mass is 9.86. The summed E-state index contributed by atoms with van der Waals surface area (Å²) in [7, 11) is 0. The zero-order valence-electron chi connectivity index (χ0n) is 13.8. The third-order valence-electron chi connectivity index (χ3n) is 5.13. The molecule has 0 aromatic heterocycles. The van der Waals surface area contributed by atoms with E-state index in [9.17, 15) is 4.39 Å². The first-order valence-electron chi connectivity index (χ1n) is 7.56. The van der Waals surface area contributed by atoms with Crippen molar-refractivity contribution in [1.82, 2.24) is 10.2 Å². The van der Waals surface area contributed by atoms with Gasteiger partial charge in [-0.05, 0) is 68.0 Å². The first-order valence-corrected chi connectivity index (χ1v) is 7.56. The van der Waals surface area contributed by atoms with Crippen LogP contribution in [0.1, 0.15) is 39.4 Å². The van der Waals surface area contributed by atoms with Gasteiger partial charge in [0.05, 0.1) is 6.04 Å². The minimum Gasteiger partial charge on any atom is -0.314 e. The Kier molecular flexibility index (Phi) is 6.64. The summed E-state index contributed by atoms with van der Waals surface area (Å²) < 4.78 is 13.8. The van der Waals surface area contributed by atoms with Crippen LogP contribution < -0.4 is 5.32 Å². The number of rotatable bonds is 3. The highest BCUT2D eigenvalue weighted by atomic mass is 35.5. The van der Waals surface area contributed by atoms with Crippen LogP contribution >= 0.6 is 12.4 Å². The predicted octanol–water partition coefficient (Wildman–Crippen LogP) is 3.57. The molecule has 1 aliphatic rings. The lowest BCUT2D eigenvalue weighted by Crippen LogP contribution is -2.46. The maximum absolute atomic E-state index is 13.8. The van der Waals surface area contributed by atoms with Gasteiger partial charge in [-0.25, -0.2) is 4.39 Å². The predicted molar refractivity (Wildman–Crippen MR) is 90.5 cm³/mol. The van der Waals surface area contributed by atoms with Gasteiger partial charge in [0.2, 0.25) is 0 Å². The normalized spacial score (nSPS) is 17.4. The topological polar surface area (TPSA) is 15.3 Å². The Bertz CT molecular complexity index is 467. The Morgan fingerprint density at radius 2 is 1.33 bits per heavy atom. The molecule has 0 aliphatic carbocycles. The van der Waals surface area contributed by atoms with E-state index in [1.807, 2.05) is 0 Å². The highest BCUT2D eigenvalue weighted by Crippen LogP contribution is 2.33. The molecule has 0 amide bonds. The van der Waals surface area contributed by atoms with Crippen LogP contribution in [-0.2, 0) is 0 Å². The zero-order valence-corrected chi connectivity index (χ0v) is 14.7. The van der Waals surface area contributed by atoms with Crippen LogP contribution in [0.3, 0.4) is 0 Å². The Morgan fingerprint density at radius 1 is 0.905 bits per heavy atom. The summed E-state index contributed by atoms with van der Waals surface area (Å²) in [6, 6.07) is -0.0879. The third kappa shape index (κ3) is 3.41. The quantitative estimate of drug-likeness (QED) is 0.917. The number of nitrogens with zero attached hydrogens (tertiary/aromatic N) is 1. The maximum atomic E-state index is 13.8. The van der Waals surface area contributed by atoms with Crippen LogP contribution in [0.25, 0.3) is 0 Å². The van der Waals surface area contributed by atoms with Gasteiger partial charge in [0.15, 0.2) is 0 Å². The van der Waals surface area contributed by atoms with Crippen LogP contribution in [-0.4, -0.2) is 37.8 Å². The molecule has 1 atom stereocenters. The van der Waals surface area contributed by atoms with Crippen molar-refractivity contribution in [3.63, 3.8) is 0 Å². The Balaban J connectivity index is 0.00000220. The number of piperazine rings is 1. The summed E-state index contributed by atoms with van der Waals surface area (Å²) in [6.07, 6.45) is 0. The molecule has 1 N–H and O–H groups in total. The van der Waals surface area contributed by atoms with E-state index in [1.54, 1.807) is 0 Å². The van der Waals surface area contributed by atoms with Crippen molar-refractivity contribution < 1.29 is 4.39 Å². The summed E-state index contributed by atoms with van der Waals surface area (Å²) in [4.78, 5) is 2.29. The molecule has 120 valence electrons. The second-order valence-corrected chi connectivity index (χ2v) is 5.99. The van der Waals surface area contributed by atoms with Crippen LogP contribution in [0.5, 0.6) is 0 Å². The first-order chi connectivity index (χ1) is 9.49. The maximum Gasteiger partial charge on any atom is 0.109 e. The molecular formula is C17H28ClFN2. The van der Waals surface area contributed by atoms with Crippen LogP contribution in [0.2, 0.25) is 0 Å². The number of hydrogen-bond donors (Lipinski definition) is 1. The lowest BCUT2D eigenvalue weighted by molar-refractivity contribution is 0.146. The largest absolute Gasteiger partial charge is 0.314 e. The fourth-order valence-corrected chi connectivity index (χ4v) is 3.38. The Hall–Kier alpha value is -0.640. The monoisotopic (exact) mass is 314 g/mol. The molecule has 0 unspecified atom stereocenters. The van der Waals surface area contributed by atoms with Crippen molar-refractivity contribution in [3.05, 3.63) is 33.4 Å². The molecule has 1 fully saturated rings. The Morgan fingerprint density at radius 3 is 1.76 bits per heavy atom. The summed E-state index contributed by atoms with van der Waals surface area (Å²) in [5.74, 6) is 0. The van der Waals surface area contributed by atoms with Gasteiger partial charge in [0.25, 0.3) is 0 Å². The SMILES string of the molecule is Cc1c(C)c(C)c([C@@H](CF)N2CCNCC2)c(C)c1C.Cl. The second kappa shape index (κ2) is 7.57. The van der Waals surface area contributed by atoms with Gasteiger partial charge in [-0.2, -0.15) is 0 Å². The van der Waals surface area contributed by atoms with E-state index >= 15 is 0 Å². The van der Waals surface area contributed by atoms with E-state index in [2.05, 4.69) is 44.8 Å². The van der Waals surface area contributed by atoms with E-state index < -0.39 is 0 Å². The van der Waals surface area contributed by atoms with E-state index in [-0.39, 0.29) is 25.1 Å². The van der Waals surface area contributed by atoms with Crippen molar-refractivity contribution >= 4 is 12.4 Å². The zero-order chi connectivity index (χ0) is 14.9. The van der Waals surface area contributed by atoms with Crippen molar-refractivity contribution in [2.75, 3.05) is 32.9 Å². The average Bonchev–Trinajstić information content (AvgIpc) is 2.48. The molecule has 1 heterocycles. The van der Waals surface area contributed by atoms with Crippen molar-refractivity contribution in [3.8, 4) is 0 Å². The highest BCUT2D eigenvalue weighted by Gasteiger charge is 2.26. The third-order valence-corrected chi connectivity index (χ3v) is 5.13. The summed E-state index contributed by atoms with van der Waals surface area (Å²) in [5, 5.41) is 3.34. The van der Waals surface area contributed by atoms with Crippen LogP contribution in [0.15, 0.2) is 0 Å². The molecule has 1 saturated heterocycles. The minimum atomic E-state index is -0.302. The summed E-state index contributed by atoms with van der Waals surface area (Å²) in [6.45, 7) is 14.3. The van der Waals surface area contributed by atoms with Gasteiger partial charge < -0.3 is 5.32 Å². The van der Waals surface area contributed by atoms with E-state index in [0.29, 0.717) is 0 Å². The fourth-order valence-electron chi connectivity index (χ4n) is 3.38. The van der Waals surface area contributed by atoms with Gasteiger partial charge in [0, 0.05) is 26.2 Å². The van der Waals surface area contributed by atoms with E-state index in [1.165, 1.54) is 33.4 Å². The number of nitrogens with one attached hydrogen (secondary N) is 1.